The number of unbranched alkanes of at least 4 members (excludes halogenated alkanes) is 66. The largest absolute Gasteiger partial charge is 0.462 e. The van der Waals surface area contributed by atoms with Gasteiger partial charge in [0, 0.05) is 12.8 Å². The average Bonchev–Trinajstić information content (AvgIpc) is 3.56. The predicted octanol–water partition coefficient (Wildman–Crippen LogP) is 28.7. The highest BCUT2D eigenvalue weighted by atomic mass is 16.6. The molecule has 0 saturated heterocycles. The molecule has 5 heteroatoms. The van der Waals surface area contributed by atoms with Crippen molar-refractivity contribution in [3.05, 3.63) is 24.3 Å². The van der Waals surface area contributed by atoms with Gasteiger partial charge in [0.05, 0.1) is 6.61 Å². The van der Waals surface area contributed by atoms with E-state index in [0.717, 1.165) is 38.5 Å². The third-order valence-electron chi connectivity index (χ3n) is 19.2. The van der Waals surface area contributed by atoms with Gasteiger partial charge in [-0.3, -0.25) is 9.59 Å². The first-order valence-corrected chi connectivity index (χ1v) is 40.9. The maximum Gasteiger partial charge on any atom is 0.306 e. The van der Waals surface area contributed by atoms with Gasteiger partial charge in [0.1, 0.15) is 6.61 Å². The van der Waals surface area contributed by atoms with Crippen LogP contribution in [0.1, 0.15) is 476 Å². The smallest absolute Gasteiger partial charge is 0.306 e. The molecule has 0 rings (SSSR count). The molecule has 0 amide bonds. The predicted molar refractivity (Wildman–Crippen MR) is 390 cm³/mol. The number of aliphatic hydroxyl groups excluding tert-OH is 1. The quantitative estimate of drug-likeness (QED) is 0.0373. The summed E-state index contributed by atoms with van der Waals surface area (Å²) >= 11 is 0. The van der Waals surface area contributed by atoms with Crippen LogP contribution in [0.15, 0.2) is 24.3 Å². The summed E-state index contributed by atoms with van der Waals surface area (Å²) in [6.07, 6.45) is 106. The van der Waals surface area contributed by atoms with Gasteiger partial charge in [0.15, 0.2) is 6.10 Å². The molecule has 0 spiro atoms. The van der Waals surface area contributed by atoms with Crippen molar-refractivity contribution < 1.29 is 24.2 Å². The second-order valence-electron chi connectivity index (χ2n) is 28.2. The average molecular weight is 1240 g/mol. The Morgan fingerprint density at radius 2 is 0.455 bits per heavy atom. The molecule has 0 saturated carbocycles. The Labute approximate surface area is 553 Å². The van der Waals surface area contributed by atoms with Crippen molar-refractivity contribution >= 4 is 11.9 Å². The van der Waals surface area contributed by atoms with Gasteiger partial charge < -0.3 is 14.6 Å². The zero-order valence-electron chi connectivity index (χ0n) is 60.3. The summed E-state index contributed by atoms with van der Waals surface area (Å²) in [5.41, 5.74) is 0. The monoisotopic (exact) mass is 1240 g/mol. The molecule has 0 radical (unpaired) electrons. The van der Waals surface area contributed by atoms with Gasteiger partial charge >= 0.3 is 11.9 Å². The minimum atomic E-state index is -0.769. The van der Waals surface area contributed by atoms with Crippen molar-refractivity contribution in [3.8, 4) is 0 Å². The van der Waals surface area contributed by atoms with Crippen LogP contribution in [0.5, 0.6) is 0 Å². The lowest BCUT2D eigenvalue weighted by molar-refractivity contribution is -0.161. The number of hydrogen-bond donors (Lipinski definition) is 1. The number of carbonyl (C=O) groups is 2. The maximum absolute atomic E-state index is 12.4. The molecule has 0 fully saturated rings. The molecule has 522 valence electrons. The highest BCUT2D eigenvalue weighted by molar-refractivity contribution is 5.70. The molecule has 0 aliphatic heterocycles. The topological polar surface area (TPSA) is 72.8 Å². The molecule has 0 aromatic carbocycles. The Morgan fingerprint density at radius 3 is 0.670 bits per heavy atom. The van der Waals surface area contributed by atoms with Gasteiger partial charge in [-0.15, -0.1) is 0 Å². The number of aliphatic hydroxyl groups is 1. The van der Waals surface area contributed by atoms with Crippen LogP contribution in [-0.4, -0.2) is 36.4 Å². The molecule has 0 aliphatic rings. The van der Waals surface area contributed by atoms with E-state index in [1.165, 1.54) is 411 Å². The first kappa shape index (κ1) is 86.4. The van der Waals surface area contributed by atoms with Gasteiger partial charge in [0.25, 0.3) is 0 Å². The Bertz CT molecular complexity index is 1360. The second kappa shape index (κ2) is 79.6. The molecule has 0 aromatic heterocycles. The Kier molecular flexibility index (Phi) is 78.2. The van der Waals surface area contributed by atoms with E-state index in [1.807, 2.05) is 0 Å². The number of carbonyl (C=O) groups excluding carboxylic acids is 2. The van der Waals surface area contributed by atoms with E-state index in [4.69, 9.17) is 9.47 Å². The fraction of sp³-hybridized carbons (Fsp3) is 0.928. The SMILES string of the molecule is CCCCCCC/C=C\C/C=C\CCCCCCCCCCCCCCCCCCCCCCCC(=O)OC(CO)COC(=O)CCCCCCCCCCCCCCCCCCCCCCCCCCCCCCCCCCCCCCCCCCC. The minimum absolute atomic E-state index is 0.0573. The number of hydrogen-bond acceptors (Lipinski definition) is 5. The van der Waals surface area contributed by atoms with Crippen molar-refractivity contribution in [3.63, 3.8) is 0 Å². The second-order valence-corrected chi connectivity index (χ2v) is 28.2. The summed E-state index contributed by atoms with van der Waals surface area (Å²) in [4.78, 5) is 24.7. The van der Waals surface area contributed by atoms with Crippen LogP contribution in [0, 0.1) is 0 Å². The minimum Gasteiger partial charge on any atom is -0.462 e. The van der Waals surface area contributed by atoms with E-state index in [1.54, 1.807) is 0 Å². The van der Waals surface area contributed by atoms with E-state index < -0.39 is 6.10 Å². The Balaban J connectivity index is 3.34. The number of esters is 2. The van der Waals surface area contributed by atoms with E-state index in [9.17, 15) is 14.7 Å². The third kappa shape index (κ3) is 76.8. The van der Waals surface area contributed by atoms with Gasteiger partial charge in [-0.25, -0.2) is 0 Å². The summed E-state index contributed by atoms with van der Waals surface area (Å²) in [6.45, 7) is 4.21. The first-order chi connectivity index (χ1) is 43.6. The van der Waals surface area contributed by atoms with Gasteiger partial charge in [-0.05, 0) is 44.9 Å². The van der Waals surface area contributed by atoms with Crippen LogP contribution >= 0.6 is 0 Å². The molecule has 1 N–H and O–H groups in total. The molecule has 0 aromatic rings. The van der Waals surface area contributed by atoms with Crippen LogP contribution in [0.3, 0.4) is 0 Å². The molecule has 5 nitrogen and oxygen atoms in total. The molecular formula is C83H160O5. The fourth-order valence-electron chi connectivity index (χ4n) is 13.1. The zero-order valence-corrected chi connectivity index (χ0v) is 60.3. The number of allylic oxidation sites excluding steroid dienone is 4. The van der Waals surface area contributed by atoms with Crippen molar-refractivity contribution in [2.45, 2.75) is 482 Å². The maximum atomic E-state index is 12.4. The summed E-state index contributed by atoms with van der Waals surface area (Å²) in [5.74, 6) is -0.560. The van der Waals surface area contributed by atoms with Crippen LogP contribution in [0.4, 0.5) is 0 Å². The Morgan fingerprint density at radius 1 is 0.261 bits per heavy atom. The molecule has 1 unspecified atom stereocenters. The lowest BCUT2D eigenvalue weighted by Crippen LogP contribution is -2.28. The van der Waals surface area contributed by atoms with E-state index in [-0.39, 0.29) is 25.2 Å². The lowest BCUT2D eigenvalue weighted by atomic mass is 10.0. The van der Waals surface area contributed by atoms with E-state index >= 15 is 0 Å². The molecular weight excluding hydrogens is 1080 g/mol. The Hall–Kier alpha value is -1.62. The summed E-state index contributed by atoms with van der Waals surface area (Å²) < 4.78 is 10.8. The first-order valence-electron chi connectivity index (χ1n) is 40.9. The standard InChI is InChI=1S/C83H160O5/c1-3-5-7-9-11-13-15-17-19-21-23-25-27-29-31-33-35-37-38-39-40-41-42-43-44-46-47-49-51-53-55-57-59-61-63-65-67-69-71-73-75-77-82(85)87-80-81(79-84)88-83(86)78-76-74-72-70-68-66-64-62-60-58-56-54-52-50-48-45-36-34-32-30-28-26-24-22-20-18-16-14-12-10-8-6-4-2/h16,18,22,24,81,84H,3-15,17,19-21,23,25-80H2,1-2H3/b18-16-,24-22-. The highest BCUT2D eigenvalue weighted by Crippen LogP contribution is 2.21. The molecule has 0 aliphatic carbocycles. The molecule has 0 heterocycles. The van der Waals surface area contributed by atoms with Crippen LogP contribution in [0.2, 0.25) is 0 Å². The zero-order chi connectivity index (χ0) is 63.3. The van der Waals surface area contributed by atoms with Gasteiger partial charge in [0.2, 0.25) is 0 Å². The van der Waals surface area contributed by atoms with Crippen LogP contribution < -0.4 is 0 Å². The fourth-order valence-corrected chi connectivity index (χ4v) is 13.1. The summed E-state index contributed by atoms with van der Waals surface area (Å²) in [6, 6.07) is 0. The van der Waals surface area contributed by atoms with Crippen LogP contribution in [0.25, 0.3) is 0 Å². The van der Waals surface area contributed by atoms with Crippen molar-refractivity contribution in [1.82, 2.24) is 0 Å². The van der Waals surface area contributed by atoms with Crippen LogP contribution in [-0.2, 0) is 19.1 Å². The van der Waals surface area contributed by atoms with Crippen molar-refractivity contribution in [1.29, 1.82) is 0 Å². The summed E-state index contributed by atoms with van der Waals surface area (Å²) in [7, 11) is 0. The van der Waals surface area contributed by atoms with Gasteiger partial charge in [-0.2, -0.15) is 0 Å². The number of ether oxygens (including phenoxy) is 2. The molecule has 0 bridgehead atoms. The van der Waals surface area contributed by atoms with E-state index in [2.05, 4.69) is 38.2 Å². The molecule has 1 atom stereocenters. The summed E-state index contributed by atoms with van der Waals surface area (Å²) in [5, 5.41) is 9.73. The van der Waals surface area contributed by atoms with Gasteiger partial charge in [-0.1, -0.05) is 443 Å². The van der Waals surface area contributed by atoms with Crippen molar-refractivity contribution in [2.75, 3.05) is 13.2 Å². The normalized spacial score (nSPS) is 12.2. The highest BCUT2D eigenvalue weighted by Gasteiger charge is 2.16. The van der Waals surface area contributed by atoms with Crippen molar-refractivity contribution in [2.24, 2.45) is 0 Å². The number of rotatable bonds is 78. The third-order valence-corrected chi connectivity index (χ3v) is 19.2. The molecule has 88 heavy (non-hydrogen) atoms. The van der Waals surface area contributed by atoms with E-state index in [0.29, 0.717) is 12.8 Å². The lowest BCUT2D eigenvalue weighted by Gasteiger charge is -2.15.